The van der Waals surface area contributed by atoms with E-state index < -0.39 is 41.1 Å². The largest absolute Gasteiger partial charge is 0.497 e. The maximum absolute atomic E-state index is 14.7. The summed E-state index contributed by atoms with van der Waals surface area (Å²) in [6, 6.07) is 5.42. The number of nitrogens with zero attached hydrogens (tertiary/aromatic N) is 2. The lowest BCUT2D eigenvalue weighted by Crippen LogP contribution is -2.60. The first-order chi connectivity index (χ1) is 19.2. The molecule has 4 rings (SSSR count). The van der Waals surface area contributed by atoms with Crippen molar-refractivity contribution in [2.45, 2.75) is 69.7 Å². The van der Waals surface area contributed by atoms with Crippen molar-refractivity contribution in [1.29, 1.82) is 0 Å². The number of likely N-dealkylation sites (tertiary alicyclic amines) is 1. The number of aliphatic hydroxyl groups excluding tert-OH is 1. The summed E-state index contributed by atoms with van der Waals surface area (Å²) in [5.41, 5.74) is -1.51. The second kappa shape index (κ2) is 11.7. The van der Waals surface area contributed by atoms with Crippen LogP contribution >= 0.6 is 0 Å². The second-order valence-electron chi connectivity index (χ2n) is 11.3. The summed E-state index contributed by atoms with van der Waals surface area (Å²) in [7, 11) is 1.57. The van der Waals surface area contributed by atoms with Crippen LogP contribution in [0.2, 0.25) is 0 Å². The van der Waals surface area contributed by atoms with Gasteiger partial charge in [0.05, 0.1) is 37.9 Å². The number of aliphatic hydroxyl groups is 1. The number of anilines is 1. The van der Waals surface area contributed by atoms with Crippen LogP contribution in [0.5, 0.6) is 5.75 Å². The van der Waals surface area contributed by atoms with Crippen LogP contribution in [0.3, 0.4) is 0 Å². The molecule has 3 saturated heterocycles. The minimum atomic E-state index is -1.22. The summed E-state index contributed by atoms with van der Waals surface area (Å²) in [4.78, 5) is 45.7. The first-order valence-corrected chi connectivity index (χ1v) is 14.1. The highest BCUT2D eigenvalue weighted by Crippen LogP contribution is 2.65. The van der Waals surface area contributed by atoms with E-state index in [1.54, 1.807) is 48.4 Å². The van der Waals surface area contributed by atoms with Gasteiger partial charge in [-0.1, -0.05) is 32.9 Å². The summed E-state index contributed by atoms with van der Waals surface area (Å²) in [5, 5.41) is 10.4. The molecule has 9 nitrogen and oxygen atoms in total. The Morgan fingerprint density at radius 3 is 2.48 bits per heavy atom. The quantitative estimate of drug-likeness (QED) is 0.226. The predicted octanol–water partition coefficient (Wildman–Crippen LogP) is 3.51. The van der Waals surface area contributed by atoms with E-state index in [0.29, 0.717) is 37.1 Å². The lowest BCUT2D eigenvalue weighted by molar-refractivity contribution is -0.162. The molecule has 3 aliphatic heterocycles. The summed E-state index contributed by atoms with van der Waals surface area (Å²) >= 11 is 0. The number of hydrogen-bond donors (Lipinski definition) is 1. The number of rotatable bonds is 13. The van der Waals surface area contributed by atoms with Gasteiger partial charge in [-0.15, -0.1) is 13.2 Å². The Hall–Kier alpha value is -3.17. The van der Waals surface area contributed by atoms with Crippen LogP contribution in [0, 0.1) is 17.8 Å². The Balaban J connectivity index is 1.83. The number of esters is 1. The fraction of sp³-hybridized carbons (Fsp3) is 0.581. The number of methoxy groups -OCH3 is 1. The number of carbonyl (C=O) groups is 3. The molecule has 3 aliphatic rings. The van der Waals surface area contributed by atoms with Crippen LogP contribution in [-0.4, -0.2) is 77.9 Å². The molecular weight excluding hydrogens is 512 g/mol. The van der Waals surface area contributed by atoms with E-state index in [1.807, 2.05) is 20.8 Å². The number of carbonyl (C=O) groups excluding carboxylic acids is 3. The molecule has 218 valence electrons. The van der Waals surface area contributed by atoms with E-state index in [-0.39, 0.29) is 37.5 Å². The third kappa shape index (κ3) is 4.63. The monoisotopic (exact) mass is 554 g/mol. The molecule has 0 aromatic heterocycles. The van der Waals surface area contributed by atoms with Crippen LogP contribution in [0.25, 0.3) is 0 Å². The molecule has 3 heterocycles. The molecule has 1 aromatic rings. The van der Waals surface area contributed by atoms with Gasteiger partial charge in [0.1, 0.15) is 23.3 Å². The first-order valence-electron chi connectivity index (χ1n) is 14.1. The summed E-state index contributed by atoms with van der Waals surface area (Å²) in [5.74, 6) is -2.41. The van der Waals surface area contributed by atoms with Crippen molar-refractivity contribution >= 4 is 23.5 Å². The van der Waals surface area contributed by atoms with E-state index in [0.717, 1.165) is 0 Å². The van der Waals surface area contributed by atoms with Crippen molar-refractivity contribution in [1.82, 2.24) is 4.90 Å². The predicted molar refractivity (Wildman–Crippen MR) is 151 cm³/mol. The van der Waals surface area contributed by atoms with Crippen molar-refractivity contribution in [3.63, 3.8) is 0 Å². The van der Waals surface area contributed by atoms with Gasteiger partial charge >= 0.3 is 5.97 Å². The van der Waals surface area contributed by atoms with Crippen molar-refractivity contribution in [3.05, 3.63) is 49.6 Å². The normalized spacial score (nSPS) is 29.3. The van der Waals surface area contributed by atoms with Crippen molar-refractivity contribution in [2.75, 3.05) is 31.8 Å². The highest BCUT2D eigenvalue weighted by Gasteiger charge is 2.79. The standard InChI is InChI=1S/C31H42N2O7/c1-7-10-18-39-29(37)25-24-27(35)33(23(19-34)20(4)5)26(31(24)16-15-30(25,9-3)40-31)28(36)32(17-8-2)21-11-13-22(38-6)14-12-21/h7-8,11-14,20,23-26,34H,1-2,9-10,15-19H2,3-6H3/t23-,24-,25+,26?,30-,31?/m0/s1. The van der Waals surface area contributed by atoms with Gasteiger partial charge in [0.2, 0.25) is 5.91 Å². The summed E-state index contributed by atoms with van der Waals surface area (Å²) in [6.07, 6.45) is 5.27. The number of hydrogen-bond acceptors (Lipinski definition) is 7. The highest BCUT2D eigenvalue weighted by atomic mass is 16.6. The lowest BCUT2D eigenvalue weighted by Gasteiger charge is -2.40. The van der Waals surface area contributed by atoms with Gasteiger partial charge in [0.15, 0.2) is 0 Å². The Morgan fingerprint density at radius 2 is 1.93 bits per heavy atom. The third-order valence-electron chi connectivity index (χ3n) is 8.95. The number of amides is 2. The first kappa shape index (κ1) is 29.8. The minimum Gasteiger partial charge on any atom is -0.497 e. The van der Waals surface area contributed by atoms with Gasteiger partial charge in [-0.25, -0.2) is 0 Å². The van der Waals surface area contributed by atoms with Crippen LogP contribution in [-0.2, 0) is 23.9 Å². The van der Waals surface area contributed by atoms with Gasteiger partial charge in [-0.2, -0.15) is 0 Å². The van der Waals surface area contributed by atoms with E-state index in [4.69, 9.17) is 14.2 Å². The zero-order valence-corrected chi connectivity index (χ0v) is 24.0. The Bertz CT molecular complexity index is 1130. The maximum Gasteiger partial charge on any atom is 0.312 e. The molecule has 0 aliphatic carbocycles. The SMILES string of the molecule is C=CCCOC(=O)[C@H]1[C@H]2C(=O)N([C@@H](CO)C(C)C)C(C(=O)N(CC=C)c3ccc(OC)cc3)C23CC[C@]1(CC)O3. The van der Waals surface area contributed by atoms with Crippen LogP contribution in [0.4, 0.5) is 5.69 Å². The van der Waals surface area contributed by atoms with E-state index >= 15 is 0 Å². The molecule has 3 fully saturated rings. The maximum atomic E-state index is 14.7. The molecule has 0 radical (unpaired) electrons. The van der Waals surface area contributed by atoms with Crippen LogP contribution in [0.15, 0.2) is 49.6 Å². The number of ether oxygens (including phenoxy) is 3. The summed E-state index contributed by atoms with van der Waals surface area (Å²) in [6.45, 7) is 13.3. The van der Waals surface area contributed by atoms with Crippen molar-refractivity contribution in [2.24, 2.45) is 17.8 Å². The minimum absolute atomic E-state index is 0.149. The third-order valence-corrected chi connectivity index (χ3v) is 8.95. The molecule has 9 heteroatoms. The molecule has 1 spiro atoms. The van der Waals surface area contributed by atoms with Gasteiger partial charge in [0.25, 0.3) is 5.91 Å². The van der Waals surface area contributed by atoms with Gasteiger partial charge in [-0.3, -0.25) is 14.4 Å². The molecule has 1 N–H and O–H groups in total. The fourth-order valence-corrected chi connectivity index (χ4v) is 6.97. The molecule has 2 bridgehead atoms. The topological polar surface area (TPSA) is 106 Å². The van der Waals surface area contributed by atoms with E-state index in [9.17, 15) is 19.5 Å². The molecule has 40 heavy (non-hydrogen) atoms. The lowest BCUT2D eigenvalue weighted by atomic mass is 9.65. The zero-order valence-electron chi connectivity index (χ0n) is 24.0. The van der Waals surface area contributed by atoms with E-state index in [1.165, 1.54) is 4.90 Å². The van der Waals surface area contributed by atoms with Crippen LogP contribution in [0.1, 0.15) is 46.5 Å². The van der Waals surface area contributed by atoms with Gasteiger partial charge in [0, 0.05) is 12.2 Å². The average molecular weight is 555 g/mol. The average Bonchev–Trinajstić information content (AvgIpc) is 3.56. The molecule has 2 unspecified atom stereocenters. The molecule has 6 atom stereocenters. The van der Waals surface area contributed by atoms with Crippen molar-refractivity contribution in [3.8, 4) is 5.75 Å². The molecule has 1 aromatic carbocycles. The Morgan fingerprint density at radius 1 is 1.23 bits per heavy atom. The Kier molecular flexibility index (Phi) is 8.75. The van der Waals surface area contributed by atoms with Gasteiger partial charge < -0.3 is 29.1 Å². The highest BCUT2D eigenvalue weighted by molar-refractivity contribution is 6.05. The molecule has 2 amide bonds. The fourth-order valence-electron chi connectivity index (χ4n) is 6.97. The number of benzene rings is 1. The molecular formula is C31H42N2O7. The van der Waals surface area contributed by atoms with E-state index in [2.05, 4.69) is 13.2 Å². The van der Waals surface area contributed by atoms with Crippen LogP contribution < -0.4 is 9.64 Å². The smallest absolute Gasteiger partial charge is 0.312 e. The molecule has 0 saturated carbocycles. The summed E-state index contributed by atoms with van der Waals surface area (Å²) < 4.78 is 17.7. The van der Waals surface area contributed by atoms with Crippen molar-refractivity contribution < 1.29 is 33.7 Å². The van der Waals surface area contributed by atoms with Gasteiger partial charge in [-0.05, 0) is 55.9 Å². The number of fused-ring (bicyclic) bond motifs is 1. The second-order valence-corrected chi connectivity index (χ2v) is 11.3. The Labute approximate surface area is 236 Å². The zero-order chi connectivity index (χ0) is 29.2.